The van der Waals surface area contributed by atoms with E-state index < -0.39 is 0 Å². The van der Waals surface area contributed by atoms with Crippen LogP contribution < -0.4 is 0 Å². The molecule has 3 fully saturated rings. The molecule has 4 nitrogen and oxygen atoms in total. The maximum absolute atomic E-state index is 13.2. The zero-order valence-corrected chi connectivity index (χ0v) is 17.1. The molecule has 0 saturated heterocycles. The van der Waals surface area contributed by atoms with Gasteiger partial charge in [0, 0.05) is 24.4 Å². The number of carbonyl (C=O) groups is 2. The van der Waals surface area contributed by atoms with E-state index in [0.29, 0.717) is 31.3 Å². The molecule has 0 N–H and O–H groups in total. The standard InChI is InChI=1S/C23H34O4/c1-4-26-11-12-27-16-7-9-22(2)15(13-16)14-19(24)21-17-5-6-20(25)23(17,3)10-8-18(21)22/h14,16-18,21H,4-13H2,1-3H3/t16?,17-,18-,21-,22-,23-/m0/s1. The molecule has 0 aromatic heterocycles. The Balaban J connectivity index is 1.53. The van der Waals surface area contributed by atoms with Crippen LogP contribution in [0.15, 0.2) is 11.6 Å². The summed E-state index contributed by atoms with van der Waals surface area (Å²) in [5, 5.41) is 0. The third kappa shape index (κ3) is 3.04. The molecule has 0 heterocycles. The topological polar surface area (TPSA) is 52.6 Å². The summed E-state index contributed by atoms with van der Waals surface area (Å²) >= 11 is 0. The second-order valence-corrected chi connectivity index (χ2v) is 9.58. The number of carbonyl (C=O) groups excluding carboxylic acids is 2. The summed E-state index contributed by atoms with van der Waals surface area (Å²) in [5.41, 5.74) is 1.15. The van der Waals surface area contributed by atoms with E-state index in [1.54, 1.807) is 0 Å². The first-order chi connectivity index (χ1) is 12.9. The first-order valence-corrected chi connectivity index (χ1v) is 10.9. The highest BCUT2D eigenvalue weighted by atomic mass is 16.5. The molecule has 4 aliphatic carbocycles. The van der Waals surface area contributed by atoms with Gasteiger partial charge in [-0.3, -0.25) is 9.59 Å². The lowest BCUT2D eigenvalue weighted by atomic mass is 9.48. The summed E-state index contributed by atoms with van der Waals surface area (Å²) in [7, 11) is 0. The molecule has 0 spiro atoms. The van der Waals surface area contributed by atoms with Gasteiger partial charge in [-0.15, -0.1) is 0 Å². The summed E-state index contributed by atoms with van der Waals surface area (Å²) in [5.74, 6) is 1.39. The Morgan fingerprint density at radius 1 is 1.04 bits per heavy atom. The van der Waals surface area contributed by atoms with Crippen molar-refractivity contribution < 1.29 is 19.1 Å². The molecule has 0 bridgehead atoms. The van der Waals surface area contributed by atoms with Gasteiger partial charge in [0.25, 0.3) is 0 Å². The summed E-state index contributed by atoms with van der Waals surface area (Å²) in [6.07, 6.45) is 8.72. The largest absolute Gasteiger partial charge is 0.379 e. The average Bonchev–Trinajstić information content (AvgIpc) is 2.95. The number of allylic oxidation sites excluding steroid dienone is 1. The van der Waals surface area contributed by atoms with E-state index >= 15 is 0 Å². The van der Waals surface area contributed by atoms with E-state index in [9.17, 15) is 9.59 Å². The van der Waals surface area contributed by atoms with E-state index in [4.69, 9.17) is 9.47 Å². The minimum atomic E-state index is -0.252. The van der Waals surface area contributed by atoms with Crippen molar-refractivity contribution in [1.29, 1.82) is 0 Å². The Labute approximate surface area is 163 Å². The molecule has 3 saturated carbocycles. The number of rotatable bonds is 5. The van der Waals surface area contributed by atoms with Crippen molar-refractivity contribution in [3.8, 4) is 0 Å². The van der Waals surface area contributed by atoms with Gasteiger partial charge in [-0.05, 0) is 68.8 Å². The van der Waals surface area contributed by atoms with E-state index in [1.165, 1.54) is 5.57 Å². The van der Waals surface area contributed by atoms with Gasteiger partial charge in [0.1, 0.15) is 5.78 Å². The van der Waals surface area contributed by atoms with Gasteiger partial charge in [0.2, 0.25) is 0 Å². The third-order valence-corrected chi connectivity index (χ3v) is 8.39. The van der Waals surface area contributed by atoms with Gasteiger partial charge in [0.05, 0.1) is 19.3 Å². The smallest absolute Gasteiger partial charge is 0.159 e. The van der Waals surface area contributed by atoms with Gasteiger partial charge in [-0.1, -0.05) is 19.4 Å². The van der Waals surface area contributed by atoms with Crippen LogP contribution in [-0.2, 0) is 19.1 Å². The number of hydrogen-bond donors (Lipinski definition) is 0. The zero-order valence-electron chi connectivity index (χ0n) is 17.1. The zero-order chi connectivity index (χ0) is 19.2. The van der Waals surface area contributed by atoms with Gasteiger partial charge in [-0.25, -0.2) is 0 Å². The second-order valence-electron chi connectivity index (χ2n) is 9.58. The fourth-order valence-corrected chi connectivity index (χ4v) is 6.70. The van der Waals surface area contributed by atoms with Gasteiger partial charge >= 0.3 is 0 Å². The van der Waals surface area contributed by atoms with Gasteiger partial charge in [-0.2, -0.15) is 0 Å². The molecule has 1 unspecified atom stereocenters. The highest BCUT2D eigenvalue weighted by molar-refractivity contribution is 5.96. The van der Waals surface area contributed by atoms with Crippen molar-refractivity contribution >= 4 is 11.6 Å². The molecule has 6 atom stereocenters. The molecule has 0 radical (unpaired) electrons. The Kier molecular flexibility index (Phi) is 5.09. The summed E-state index contributed by atoms with van der Waals surface area (Å²) < 4.78 is 11.4. The molecule has 0 amide bonds. The van der Waals surface area contributed by atoms with Crippen molar-refractivity contribution in [2.75, 3.05) is 19.8 Å². The van der Waals surface area contributed by atoms with Crippen LogP contribution in [0.1, 0.15) is 65.7 Å². The van der Waals surface area contributed by atoms with Crippen LogP contribution in [0, 0.1) is 28.6 Å². The van der Waals surface area contributed by atoms with Crippen LogP contribution >= 0.6 is 0 Å². The number of hydrogen-bond acceptors (Lipinski definition) is 4. The second kappa shape index (κ2) is 7.11. The molecule has 4 heteroatoms. The van der Waals surface area contributed by atoms with Crippen LogP contribution in [-0.4, -0.2) is 37.5 Å². The number of fused-ring (bicyclic) bond motifs is 5. The summed E-state index contributed by atoms with van der Waals surface area (Å²) in [6, 6.07) is 0. The predicted octanol–water partition coefficient (Wildman–Crippen LogP) is 4.12. The highest BCUT2D eigenvalue weighted by Gasteiger charge is 2.60. The first-order valence-electron chi connectivity index (χ1n) is 10.9. The lowest BCUT2D eigenvalue weighted by molar-refractivity contribution is -0.140. The van der Waals surface area contributed by atoms with Crippen molar-refractivity contribution in [2.24, 2.45) is 28.6 Å². The van der Waals surface area contributed by atoms with E-state index in [2.05, 4.69) is 13.8 Å². The van der Waals surface area contributed by atoms with E-state index in [0.717, 1.165) is 45.1 Å². The molecular weight excluding hydrogens is 340 g/mol. The summed E-state index contributed by atoms with van der Waals surface area (Å²) in [6.45, 7) is 8.48. The first kappa shape index (κ1) is 19.3. The fraction of sp³-hybridized carbons (Fsp3) is 0.826. The molecule has 0 aliphatic heterocycles. The van der Waals surface area contributed by atoms with Crippen LogP contribution in [0.3, 0.4) is 0 Å². The molecule has 4 rings (SSSR count). The van der Waals surface area contributed by atoms with Crippen LogP contribution in [0.25, 0.3) is 0 Å². The van der Waals surface area contributed by atoms with Crippen molar-refractivity contribution in [3.05, 3.63) is 11.6 Å². The molecule has 0 aromatic rings. The highest BCUT2D eigenvalue weighted by Crippen LogP contribution is 2.63. The van der Waals surface area contributed by atoms with Gasteiger partial charge in [0.15, 0.2) is 5.78 Å². The lowest BCUT2D eigenvalue weighted by Crippen LogP contribution is -2.53. The van der Waals surface area contributed by atoms with Crippen LogP contribution in [0.4, 0.5) is 0 Å². The van der Waals surface area contributed by atoms with Crippen LogP contribution in [0.2, 0.25) is 0 Å². The molecule has 0 aromatic carbocycles. The SMILES string of the molecule is CCOCCOC1CC[C@@]2(C)C(=CC(=O)[C@@H]3[C@@H]2CC[C@]2(C)C(=O)CC[C@@H]32)C1. The minimum Gasteiger partial charge on any atom is -0.379 e. The molecule has 150 valence electrons. The van der Waals surface area contributed by atoms with Gasteiger partial charge < -0.3 is 9.47 Å². The van der Waals surface area contributed by atoms with E-state index in [-0.39, 0.29) is 34.6 Å². The quantitative estimate of drug-likeness (QED) is 0.679. The Bertz CT molecular complexity index is 653. The van der Waals surface area contributed by atoms with Crippen LogP contribution in [0.5, 0.6) is 0 Å². The minimum absolute atomic E-state index is 0.0550. The number of Topliss-reactive ketones (excluding diaryl/α,β-unsaturated/α-hetero) is 1. The predicted molar refractivity (Wildman–Crippen MR) is 103 cm³/mol. The molecule has 27 heavy (non-hydrogen) atoms. The summed E-state index contributed by atoms with van der Waals surface area (Å²) in [4.78, 5) is 25.7. The average molecular weight is 375 g/mol. The number of ether oxygens (including phenoxy) is 2. The third-order valence-electron chi connectivity index (χ3n) is 8.39. The molecule has 4 aliphatic rings. The lowest BCUT2D eigenvalue weighted by Gasteiger charge is -2.56. The Morgan fingerprint density at radius 3 is 2.56 bits per heavy atom. The van der Waals surface area contributed by atoms with Crippen molar-refractivity contribution in [3.63, 3.8) is 0 Å². The maximum atomic E-state index is 13.2. The van der Waals surface area contributed by atoms with Crippen molar-refractivity contribution in [1.82, 2.24) is 0 Å². The Hall–Kier alpha value is -1.00. The monoisotopic (exact) mass is 374 g/mol. The van der Waals surface area contributed by atoms with E-state index in [1.807, 2.05) is 13.0 Å². The Morgan fingerprint density at radius 2 is 1.78 bits per heavy atom. The maximum Gasteiger partial charge on any atom is 0.159 e. The number of ketones is 2. The fourth-order valence-electron chi connectivity index (χ4n) is 6.70. The molecular formula is C23H34O4. The normalized spacial score (nSPS) is 43.7. The van der Waals surface area contributed by atoms with Crippen molar-refractivity contribution in [2.45, 2.75) is 71.8 Å².